The van der Waals surface area contributed by atoms with E-state index in [0.29, 0.717) is 0 Å². The summed E-state index contributed by atoms with van der Waals surface area (Å²) in [6, 6.07) is 3.72. The van der Waals surface area contributed by atoms with Crippen LogP contribution in [0.15, 0.2) is 0 Å². The van der Waals surface area contributed by atoms with E-state index in [1.807, 2.05) is 12.1 Å². The van der Waals surface area contributed by atoms with Gasteiger partial charge >= 0.3 is 0 Å². The molecule has 0 aliphatic heterocycles. The predicted molar refractivity (Wildman–Crippen MR) is 44.4 cm³/mol. The van der Waals surface area contributed by atoms with Gasteiger partial charge < -0.3 is 0 Å². The van der Waals surface area contributed by atoms with Gasteiger partial charge in [0.05, 0.1) is 12.1 Å². The lowest BCUT2D eigenvalue weighted by molar-refractivity contribution is 0.616. The van der Waals surface area contributed by atoms with E-state index in [1.165, 1.54) is 13.8 Å². The van der Waals surface area contributed by atoms with E-state index in [1.54, 1.807) is 0 Å². The first-order valence-electron chi connectivity index (χ1n) is 3.03. The van der Waals surface area contributed by atoms with Crippen molar-refractivity contribution in [1.82, 2.24) is 0 Å². The molecule has 4 heteroatoms. The van der Waals surface area contributed by atoms with Crippen LogP contribution < -0.4 is 0 Å². The summed E-state index contributed by atoms with van der Waals surface area (Å²) in [5.41, 5.74) is 0. The Morgan fingerprint density at radius 3 is 1.55 bits per heavy atom. The van der Waals surface area contributed by atoms with Crippen LogP contribution in [0.2, 0.25) is 0 Å². The largest absolute Gasteiger partial charge is 0.196 e. The lowest BCUT2D eigenvalue weighted by atomic mass is 9.98. The highest BCUT2D eigenvalue weighted by atomic mass is 35.5. The third-order valence-corrected chi connectivity index (χ3v) is 1.57. The van der Waals surface area contributed by atoms with Crippen LogP contribution in [0, 0.1) is 22.7 Å². The number of nitrogens with zero attached hydrogens (tertiary/aromatic N) is 2. The molecule has 11 heavy (non-hydrogen) atoms. The van der Waals surface area contributed by atoms with E-state index < -0.39 is 9.75 Å². The molecule has 0 bridgehead atoms. The molecule has 0 spiro atoms. The molecular formula is C7H8Cl2N2. The highest BCUT2D eigenvalue weighted by molar-refractivity contribution is 6.29. The lowest BCUT2D eigenvalue weighted by Crippen LogP contribution is -2.26. The number of halogens is 2. The normalized spacial score (nSPS) is 20.5. The molecule has 0 radical (unpaired) electrons. The maximum atomic E-state index is 8.50. The summed E-state index contributed by atoms with van der Waals surface area (Å²) < 4.78 is 0. The molecule has 0 saturated carbocycles. The second kappa shape index (κ2) is 3.30. The molecule has 0 rings (SSSR count). The van der Waals surface area contributed by atoms with Crippen LogP contribution in [0.1, 0.15) is 20.3 Å². The lowest BCUT2D eigenvalue weighted by Gasteiger charge is -2.19. The van der Waals surface area contributed by atoms with Gasteiger partial charge in [0.25, 0.3) is 0 Å². The summed E-state index contributed by atoms with van der Waals surface area (Å²) in [6.07, 6.45) is 0.149. The third-order valence-electron chi connectivity index (χ3n) is 1.13. The molecule has 0 aromatic heterocycles. The molecule has 0 heterocycles. The van der Waals surface area contributed by atoms with Gasteiger partial charge in [-0.25, -0.2) is 0 Å². The molecular weight excluding hydrogens is 183 g/mol. The zero-order chi connectivity index (χ0) is 9.12. The summed E-state index contributed by atoms with van der Waals surface area (Å²) in [5, 5.41) is 17.0. The monoisotopic (exact) mass is 190 g/mol. The summed E-state index contributed by atoms with van der Waals surface area (Å²) >= 11 is 11.4. The molecule has 0 aromatic rings. The minimum Gasteiger partial charge on any atom is -0.196 e. The van der Waals surface area contributed by atoms with Crippen molar-refractivity contribution in [2.75, 3.05) is 0 Å². The van der Waals surface area contributed by atoms with Gasteiger partial charge in [0.15, 0.2) is 0 Å². The molecule has 0 fully saturated rings. The molecule has 0 N–H and O–H groups in total. The van der Waals surface area contributed by atoms with Crippen LogP contribution in [0.4, 0.5) is 0 Å². The van der Waals surface area contributed by atoms with Crippen LogP contribution in [0.25, 0.3) is 0 Å². The first-order valence-corrected chi connectivity index (χ1v) is 3.79. The van der Waals surface area contributed by atoms with Crippen molar-refractivity contribution in [3.8, 4) is 12.1 Å². The van der Waals surface area contributed by atoms with Crippen molar-refractivity contribution in [2.24, 2.45) is 0 Å². The van der Waals surface area contributed by atoms with Gasteiger partial charge in [-0.3, -0.25) is 0 Å². The Hall–Kier alpha value is -0.440. The molecule has 0 aromatic carbocycles. The van der Waals surface area contributed by atoms with Crippen molar-refractivity contribution < 1.29 is 0 Å². The van der Waals surface area contributed by atoms with Gasteiger partial charge in [0.1, 0.15) is 9.75 Å². The highest BCUT2D eigenvalue weighted by Crippen LogP contribution is 2.29. The zero-order valence-corrected chi connectivity index (χ0v) is 7.87. The van der Waals surface area contributed by atoms with E-state index in [0.717, 1.165) is 0 Å². The predicted octanol–water partition coefficient (Wildman–Crippen LogP) is 2.42. The summed E-state index contributed by atoms with van der Waals surface area (Å²) in [4.78, 5) is -2.10. The maximum Gasteiger partial charge on any atom is 0.131 e. The first kappa shape index (κ1) is 10.6. The fourth-order valence-corrected chi connectivity index (χ4v) is 1.31. The van der Waals surface area contributed by atoms with Gasteiger partial charge in [-0.1, -0.05) is 0 Å². The Kier molecular flexibility index (Phi) is 3.17. The summed E-state index contributed by atoms with van der Waals surface area (Å²) in [6.45, 7) is 3.07. The topological polar surface area (TPSA) is 47.6 Å². The fourth-order valence-electron chi connectivity index (χ4n) is 0.703. The molecule has 60 valence electrons. The average molecular weight is 191 g/mol. The number of nitriles is 2. The molecule has 0 aliphatic rings. The van der Waals surface area contributed by atoms with E-state index >= 15 is 0 Å². The second-order valence-electron chi connectivity index (χ2n) is 2.80. The van der Waals surface area contributed by atoms with Crippen LogP contribution in [0.3, 0.4) is 0 Å². The van der Waals surface area contributed by atoms with Crippen LogP contribution >= 0.6 is 23.2 Å². The summed E-state index contributed by atoms with van der Waals surface area (Å²) in [5.74, 6) is 0. The Morgan fingerprint density at radius 2 is 1.36 bits per heavy atom. The number of hydrogen-bond acceptors (Lipinski definition) is 2. The molecule has 2 nitrogen and oxygen atoms in total. The highest BCUT2D eigenvalue weighted by Gasteiger charge is 2.32. The van der Waals surface area contributed by atoms with Crippen molar-refractivity contribution in [3.05, 3.63) is 0 Å². The van der Waals surface area contributed by atoms with Crippen LogP contribution in [0.5, 0.6) is 0 Å². The molecule has 2 atom stereocenters. The van der Waals surface area contributed by atoms with Crippen LogP contribution in [-0.2, 0) is 0 Å². The SMILES string of the molecule is CC(Cl)(C#N)CC(C)(Cl)C#N. The van der Waals surface area contributed by atoms with Crippen molar-refractivity contribution in [3.63, 3.8) is 0 Å². The van der Waals surface area contributed by atoms with Gasteiger partial charge in [0, 0.05) is 6.42 Å². The Bertz CT molecular complexity index is 196. The van der Waals surface area contributed by atoms with E-state index in [2.05, 4.69) is 0 Å². The molecule has 2 unspecified atom stereocenters. The van der Waals surface area contributed by atoms with Crippen molar-refractivity contribution in [1.29, 1.82) is 10.5 Å². The second-order valence-corrected chi connectivity index (χ2v) is 4.46. The van der Waals surface area contributed by atoms with E-state index in [4.69, 9.17) is 33.7 Å². The van der Waals surface area contributed by atoms with Gasteiger partial charge in [-0.2, -0.15) is 10.5 Å². The first-order chi connectivity index (χ1) is 4.83. The summed E-state index contributed by atoms with van der Waals surface area (Å²) in [7, 11) is 0. The average Bonchev–Trinajstić information content (AvgIpc) is 1.86. The Labute approximate surface area is 76.3 Å². The fraction of sp³-hybridized carbons (Fsp3) is 0.714. The van der Waals surface area contributed by atoms with Crippen LogP contribution in [-0.4, -0.2) is 9.75 Å². The number of alkyl halides is 2. The van der Waals surface area contributed by atoms with E-state index in [-0.39, 0.29) is 6.42 Å². The van der Waals surface area contributed by atoms with Crippen molar-refractivity contribution >= 4 is 23.2 Å². The maximum absolute atomic E-state index is 8.50. The Morgan fingerprint density at radius 1 is 1.09 bits per heavy atom. The zero-order valence-electron chi connectivity index (χ0n) is 6.36. The number of rotatable bonds is 2. The molecule has 0 aliphatic carbocycles. The third kappa shape index (κ3) is 4.09. The number of hydrogen-bond donors (Lipinski definition) is 0. The van der Waals surface area contributed by atoms with Gasteiger partial charge in [0.2, 0.25) is 0 Å². The van der Waals surface area contributed by atoms with E-state index in [9.17, 15) is 0 Å². The standard InChI is InChI=1S/C7H8Cl2N2/c1-6(8,4-10)3-7(2,9)5-11/h3H2,1-2H3. The van der Waals surface area contributed by atoms with Gasteiger partial charge in [-0.05, 0) is 13.8 Å². The quantitative estimate of drug-likeness (QED) is 0.629. The Balaban J connectivity index is 4.31. The minimum atomic E-state index is -1.05. The molecule has 0 saturated heterocycles. The van der Waals surface area contributed by atoms with Gasteiger partial charge in [-0.15, -0.1) is 23.2 Å². The minimum absolute atomic E-state index is 0.149. The molecule has 0 amide bonds. The van der Waals surface area contributed by atoms with Crippen molar-refractivity contribution in [2.45, 2.75) is 30.0 Å². The smallest absolute Gasteiger partial charge is 0.131 e.